The Hall–Kier alpha value is -1.68. The fourth-order valence-electron chi connectivity index (χ4n) is 1.15. The molecular formula is C10H7N. The minimum absolute atomic E-state index is 0.839. The van der Waals surface area contributed by atoms with Gasteiger partial charge >= 0.3 is 0 Å². The van der Waals surface area contributed by atoms with Crippen molar-refractivity contribution in [1.29, 1.82) is 0 Å². The normalized spacial score (nSPS) is 9.73. The maximum atomic E-state index is 5.23. The zero-order valence-corrected chi connectivity index (χ0v) is 5.96. The van der Waals surface area contributed by atoms with Crippen molar-refractivity contribution >= 4 is 10.9 Å². The third kappa shape index (κ3) is 0.890. The number of rotatable bonds is 0. The molecule has 0 aliphatic rings. The molecule has 2 aromatic rings. The lowest BCUT2D eigenvalue weighted by atomic mass is 10.2. The summed E-state index contributed by atoms with van der Waals surface area (Å²) in [7, 11) is 0. The van der Waals surface area contributed by atoms with Gasteiger partial charge in [0, 0.05) is 10.9 Å². The summed E-state index contributed by atoms with van der Waals surface area (Å²) >= 11 is 0. The average Bonchev–Trinajstić information content (AvgIpc) is 2.46. The van der Waals surface area contributed by atoms with Crippen LogP contribution in [0.1, 0.15) is 5.69 Å². The maximum Gasteiger partial charge on any atom is 0.0901 e. The number of terminal acetylenes is 1. The van der Waals surface area contributed by atoms with E-state index in [1.807, 2.05) is 30.3 Å². The maximum absolute atomic E-state index is 5.23. The Morgan fingerprint density at radius 1 is 1.27 bits per heavy atom. The van der Waals surface area contributed by atoms with Crippen molar-refractivity contribution in [1.82, 2.24) is 4.98 Å². The topological polar surface area (TPSA) is 15.8 Å². The molecule has 1 aromatic carbocycles. The molecule has 0 aliphatic carbocycles. The highest BCUT2D eigenvalue weighted by atomic mass is 14.7. The molecule has 1 nitrogen and oxygen atoms in total. The predicted molar refractivity (Wildman–Crippen MR) is 46.2 cm³/mol. The second-order valence-corrected chi connectivity index (χ2v) is 2.41. The first-order valence-electron chi connectivity index (χ1n) is 3.44. The van der Waals surface area contributed by atoms with Crippen LogP contribution in [0, 0.1) is 12.3 Å². The molecule has 2 rings (SSSR count). The molecule has 1 N–H and O–H groups in total. The van der Waals surface area contributed by atoms with Crippen molar-refractivity contribution in [2.45, 2.75) is 0 Å². The van der Waals surface area contributed by atoms with Gasteiger partial charge in [-0.3, -0.25) is 0 Å². The molecular weight excluding hydrogens is 134 g/mol. The molecule has 1 aromatic heterocycles. The van der Waals surface area contributed by atoms with E-state index in [0.717, 1.165) is 11.2 Å². The molecule has 0 bridgehead atoms. The largest absolute Gasteiger partial charge is 0.348 e. The van der Waals surface area contributed by atoms with Crippen molar-refractivity contribution in [3.05, 3.63) is 36.0 Å². The Morgan fingerprint density at radius 3 is 2.82 bits per heavy atom. The Balaban J connectivity index is 2.81. The van der Waals surface area contributed by atoms with Gasteiger partial charge in [-0.05, 0) is 12.1 Å². The van der Waals surface area contributed by atoms with Gasteiger partial charge in [0.25, 0.3) is 0 Å². The minimum Gasteiger partial charge on any atom is -0.348 e. The van der Waals surface area contributed by atoms with Gasteiger partial charge in [-0.2, -0.15) is 0 Å². The average molecular weight is 141 g/mol. The summed E-state index contributed by atoms with van der Waals surface area (Å²) in [6.07, 6.45) is 5.23. The number of benzene rings is 1. The standard InChI is InChI=1S/C10H7N/c1-2-9-7-8-5-3-4-6-10(8)11-9/h1,3-7,11H. The SMILES string of the molecule is C#Cc1cc2ccccc2[nH]1. The summed E-state index contributed by atoms with van der Waals surface area (Å²) in [6, 6.07) is 9.99. The van der Waals surface area contributed by atoms with E-state index >= 15 is 0 Å². The third-order valence-electron chi connectivity index (χ3n) is 1.69. The molecule has 52 valence electrons. The number of aromatic amines is 1. The summed E-state index contributed by atoms with van der Waals surface area (Å²) in [5.41, 5.74) is 1.94. The molecule has 0 unspecified atom stereocenters. The summed E-state index contributed by atoms with van der Waals surface area (Å²) < 4.78 is 0. The van der Waals surface area contributed by atoms with Crippen LogP contribution >= 0.6 is 0 Å². The zero-order valence-electron chi connectivity index (χ0n) is 5.96. The molecule has 11 heavy (non-hydrogen) atoms. The number of hydrogen-bond acceptors (Lipinski definition) is 0. The predicted octanol–water partition coefficient (Wildman–Crippen LogP) is 2.15. The Bertz CT molecular complexity index is 385. The van der Waals surface area contributed by atoms with Crippen LogP contribution in [-0.2, 0) is 0 Å². The van der Waals surface area contributed by atoms with E-state index in [1.54, 1.807) is 0 Å². The van der Waals surface area contributed by atoms with Crippen LogP contribution in [0.15, 0.2) is 30.3 Å². The Morgan fingerprint density at radius 2 is 2.09 bits per heavy atom. The Kier molecular flexibility index (Phi) is 1.20. The summed E-state index contributed by atoms with van der Waals surface area (Å²) in [5.74, 6) is 2.56. The van der Waals surface area contributed by atoms with Gasteiger partial charge < -0.3 is 4.98 Å². The van der Waals surface area contributed by atoms with Gasteiger partial charge in [0.1, 0.15) is 0 Å². The number of fused-ring (bicyclic) bond motifs is 1. The second-order valence-electron chi connectivity index (χ2n) is 2.41. The number of H-pyrrole nitrogens is 1. The van der Waals surface area contributed by atoms with E-state index in [4.69, 9.17) is 6.42 Å². The van der Waals surface area contributed by atoms with Crippen molar-refractivity contribution < 1.29 is 0 Å². The van der Waals surface area contributed by atoms with Gasteiger partial charge in [0.2, 0.25) is 0 Å². The van der Waals surface area contributed by atoms with Crippen LogP contribution in [0.5, 0.6) is 0 Å². The summed E-state index contributed by atoms with van der Waals surface area (Å²) in [5, 5.41) is 1.17. The summed E-state index contributed by atoms with van der Waals surface area (Å²) in [4.78, 5) is 3.11. The molecule has 0 amide bonds. The number of para-hydroxylation sites is 1. The second kappa shape index (κ2) is 2.17. The van der Waals surface area contributed by atoms with Crippen molar-refractivity contribution in [3.8, 4) is 12.3 Å². The monoisotopic (exact) mass is 141 g/mol. The number of nitrogens with one attached hydrogen (secondary N) is 1. The molecule has 0 fully saturated rings. The highest BCUT2D eigenvalue weighted by Crippen LogP contribution is 2.13. The molecule has 0 spiro atoms. The molecule has 0 atom stereocenters. The molecule has 0 aliphatic heterocycles. The van der Waals surface area contributed by atoms with Gasteiger partial charge in [-0.1, -0.05) is 24.1 Å². The van der Waals surface area contributed by atoms with Crippen molar-refractivity contribution in [2.75, 3.05) is 0 Å². The highest BCUT2D eigenvalue weighted by Gasteiger charge is 1.94. The Labute approximate surface area is 65.1 Å². The van der Waals surface area contributed by atoms with Crippen molar-refractivity contribution in [2.24, 2.45) is 0 Å². The van der Waals surface area contributed by atoms with Crippen molar-refractivity contribution in [3.63, 3.8) is 0 Å². The third-order valence-corrected chi connectivity index (χ3v) is 1.69. The molecule has 1 heteroatoms. The van der Waals surface area contributed by atoms with E-state index in [1.165, 1.54) is 5.39 Å². The van der Waals surface area contributed by atoms with Crippen LogP contribution in [0.2, 0.25) is 0 Å². The summed E-state index contributed by atoms with van der Waals surface area (Å²) in [6.45, 7) is 0. The van der Waals surface area contributed by atoms with Crippen LogP contribution in [0.4, 0.5) is 0 Å². The van der Waals surface area contributed by atoms with E-state index in [-0.39, 0.29) is 0 Å². The first-order chi connectivity index (χ1) is 5.40. The van der Waals surface area contributed by atoms with Crippen LogP contribution in [0.3, 0.4) is 0 Å². The first kappa shape index (κ1) is 6.06. The highest BCUT2D eigenvalue weighted by molar-refractivity contribution is 5.81. The molecule has 1 heterocycles. The first-order valence-corrected chi connectivity index (χ1v) is 3.44. The quantitative estimate of drug-likeness (QED) is 0.541. The lowest BCUT2D eigenvalue weighted by Crippen LogP contribution is -1.67. The molecule has 0 saturated heterocycles. The smallest absolute Gasteiger partial charge is 0.0901 e. The van der Waals surface area contributed by atoms with Crippen LogP contribution < -0.4 is 0 Å². The molecule has 0 saturated carbocycles. The van der Waals surface area contributed by atoms with E-state index in [0.29, 0.717) is 0 Å². The van der Waals surface area contributed by atoms with Crippen LogP contribution in [-0.4, -0.2) is 4.98 Å². The fourth-order valence-corrected chi connectivity index (χ4v) is 1.15. The fraction of sp³-hybridized carbons (Fsp3) is 0. The van der Waals surface area contributed by atoms with Crippen LogP contribution in [0.25, 0.3) is 10.9 Å². The van der Waals surface area contributed by atoms with Gasteiger partial charge in [-0.25, -0.2) is 0 Å². The molecule has 0 radical (unpaired) electrons. The van der Waals surface area contributed by atoms with Gasteiger partial charge in [0.05, 0.1) is 5.69 Å². The van der Waals surface area contributed by atoms with Gasteiger partial charge in [0.15, 0.2) is 0 Å². The van der Waals surface area contributed by atoms with E-state index < -0.39 is 0 Å². The van der Waals surface area contributed by atoms with Gasteiger partial charge in [-0.15, -0.1) is 6.42 Å². The zero-order chi connectivity index (χ0) is 7.68. The number of aromatic nitrogens is 1. The number of hydrogen-bond donors (Lipinski definition) is 1. The lowest BCUT2D eigenvalue weighted by Gasteiger charge is -1.83. The van der Waals surface area contributed by atoms with E-state index in [9.17, 15) is 0 Å². The lowest BCUT2D eigenvalue weighted by molar-refractivity contribution is 1.42. The van der Waals surface area contributed by atoms with E-state index in [2.05, 4.69) is 10.9 Å². The minimum atomic E-state index is 0.839.